The average Bonchev–Trinajstić information content (AvgIpc) is 3.89. The van der Waals surface area contributed by atoms with Crippen LogP contribution in [0.3, 0.4) is 0 Å². The van der Waals surface area contributed by atoms with Crippen LogP contribution in [-0.2, 0) is 30.8 Å². The fourth-order valence-electron chi connectivity index (χ4n) is 8.76. The van der Waals surface area contributed by atoms with E-state index in [2.05, 4.69) is 41.5 Å². The molecule has 16 nitrogen and oxygen atoms in total. The van der Waals surface area contributed by atoms with Crippen molar-refractivity contribution in [3.63, 3.8) is 0 Å². The van der Waals surface area contributed by atoms with Crippen LogP contribution in [0.15, 0.2) is 72.9 Å². The van der Waals surface area contributed by atoms with Crippen molar-refractivity contribution >= 4 is 79.0 Å². The van der Waals surface area contributed by atoms with Crippen molar-refractivity contribution in [3.8, 4) is 0 Å². The number of carbonyl (C=O) groups is 3. The van der Waals surface area contributed by atoms with Gasteiger partial charge in [-0.05, 0) is 79.3 Å². The van der Waals surface area contributed by atoms with Gasteiger partial charge in [-0.1, -0.05) is 24.3 Å². The van der Waals surface area contributed by atoms with E-state index < -0.39 is 10.0 Å². The molecule has 4 aliphatic heterocycles. The lowest BCUT2D eigenvalue weighted by Crippen LogP contribution is -2.54. The molecule has 2 aromatic heterocycles. The molecule has 0 radical (unpaired) electrons. The fraction of sp³-hybridized carbons (Fsp3) is 0.372. The highest BCUT2D eigenvalue weighted by Crippen LogP contribution is 2.39. The molecule has 3 fully saturated rings. The minimum absolute atomic E-state index is 0.0352. The van der Waals surface area contributed by atoms with Crippen LogP contribution in [0.5, 0.6) is 0 Å². The van der Waals surface area contributed by atoms with Crippen molar-refractivity contribution in [2.75, 3.05) is 76.8 Å². The number of aromatic nitrogens is 3. The lowest BCUT2D eigenvalue weighted by molar-refractivity contribution is -0.134. The smallest absolute Gasteiger partial charge is 0.234 e. The van der Waals surface area contributed by atoms with Gasteiger partial charge in [0, 0.05) is 75.8 Å². The predicted molar refractivity (Wildman–Crippen MR) is 233 cm³/mol. The quantitative estimate of drug-likeness (QED) is 0.0730. The molecule has 9 rings (SSSR count). The van der Waals surface area contributed by atoms with Gasteiger partial charge in [0.05, 0.1) is 40.5 Å². The molecule has 0 bridgehead atoms. The highest BCUT2D eigenvalue weighted by molar-refractivity contribution is 7.92. The molecule has 318 valence electrons. The van der Waals surface area contributed by atoms with Crippen LogP contribution >= 0.6 is 0 Å². The molecule has 3 saturated heterocycles. The number of carbonyl (C=O) groups excluding carboxylic acids is 3. The highest BCUT2D eigenvalue weighted by atomic mass is 32.2. The monoisotopic (exact) mass is 849 g/mol. The van der Waals surface area contributed by atoms with Crippen molar-refractivity contribution in [3.05, 3.63) is 89.9 Å². The second-order valence-electron chi connectivity index (χ2n) is 16.2. The fourth-order valence-corrected chi connectivity index (χ4v) is 9.73. The van der Waals surface area contributed by atoms with E-state index in [1.54, 1.807) is 18.3 Å². The van der Waals surface area contributed by atoms with Gasteiger partial charge in [0.25, 0.3) is 0 Å². The van der Waals surface area contributed by atoms with Crippen LogP contribution in [0, 0.1) is 11.7 Å². The predicted octanol–water partition coefficient (Wildman–Crippen LogP) is 4.24. The molecule has 4 aliphatic rings. The third-order valence-corrected chi connectivity index (χ3v) is 13.2. The summed E-state index contributed by atoms with van der Waals surface area (Å²) in [6, 6.07) is 20.5. The molecule has 3 amide bonds. The van der Waals surface area contributed by atoms with Crippen molar-refractivity contribution in [2.24, 2.45) is 5.92 Å². The number of anilines is 7. The summed E-state index contributed by atoms with van der Waals surface area (Å²) in [5, 5.41) is 16.2. The summed E-state index contributed by atoms with van der Waals surface area (Å²) in [5.74, 6) is -0.491. The number of aromatic amines is 1. The van der Waals surface area contributed by atoms with Crippen LogP contribution in [0.1, 0.15) is 42.7 Å². The van der Waals surface area contributed by atoms with Crippen molar-refractivity contribution in [1.82, 2.24) is 30.9 Å². The number of benzene rings is 3. The first-order chi connectivity index (χ1) is 29.5. The number of piperidine rings is 2. The molecule has 6 heterocycles. The normalized spacial score (nSPS) is 18.5. The van der Waals surface area contributed by atoms with Gasteiger partial charge in [0.2, 0.25) is 33.7 Å². The Kier molecular flexibility index (Phi) is 11.0. The molecule has 0 spiro atoms. The van der Waals surface area contributed by atoms with Gasteiger partial charge >= 0.3 is 0 Å². The SMILES string of the molecule is CS(=O)(=O)N1CCc2cccc(Nc3nc(Nc4ccc(N5CCC(NCCNC(=O)C6CN(c7ccc(C8CCC(=O)NC8=O)cc7)C6)CC5)c(F)c4)nc4[nH]ccc34)c21. The number of hydrogen-bond acceptors (Lipinski definition) is 12. The third kappa shape index (κ3) is 8.54. The summed E-state index contributed by atoms with van der Waals surface area (Å²) in [4.78, 5) is 53.1. The standard InChI is InChI=1S/C43H48FN11O5S/c1-61(59,60)55-22-14-27-3-2-4-35(38(27)55)49-40-33-13-17-46-39(33)51-43(52-40)48-30-7-11-36(34(44)23-30)53-20-15-29(16-21-53)45-18-19-47-41(57)28-24-54(25-28)31-8-5-26(6-9-31)32-10-12-37(56)50-42(32)58/h2-9,11,13,17,23,28-29,32,45H,10,12,14-16,18-22,24-25H2,1H3,(H,47,57)(H,50,56,58)(H3,46,48,49,51,52). The van der Waals surface area contributed by atoms with Crippen molar-refractivity contribution < 1.29 is 27.2 Å². The number of amides is 3. The summed E-state index contributed by atoms with van der Waals surface area (Å²) in [6.45, 7) is 4.16. The lowest BCUT2D eigenvalue weighted by atomic mass is 9.90. The molecular formula is C43H48FN11O5S. The Bertz CT molecular complexity index is 2590. The maximum atomic E-state index is 15.6. The van der Waals surface area contributed by atoms with Crippen LogP contribution < -0.4 is 40.7 Å². The van der Waals surface area contributed by atoms with E-state index in [-0.39, 0.29) is 47.4 Å². The first-order valence-electron chi connectivity index (χ1n) is 20.7. The molecule has 5 aromatic rings. The molecule has 18 heteroatoms. The Morgan fingerprint density at radius 1 is 0.902 bits per heavy atom. The minimum atomic E-state index is -3.48. The zero-order valence-corrected chi connectivity index (χ0v) is 34.5. The number of imide groups is 1. The number of para-hydroxylation sites is 1. The van der Waals surface area contributed by atoms with Gasteiger partial charge in [-0.3, -0.25) is 24.0 Å². The third-order valence-electron chi connectivity index (χ3n) is 12.1. The number of H-pyrrole nitrogens is 1. The maximum absolute atomic E-state index is 15.6. The number of nitrogens with zero attached hydrogens (tertiary/aromatic N) is 5. The van der Waals surface area contributed by atoms with Gasteiger partial charge in [-0.25, -0.2) is 12.8 Å². The second kappa shape index (κ2) is 16.6. The molecule has 6 N–H and O–H groups in total. The zero-order valence-electron chi connectivity index (χ0n) is 33.7. The molecule has 0 saturated carbocycles. The number of halogens is 1. The number of nitrogens with one attached hydrogen (secondary N) is 6. The molecular weight excluding hydrogens is 802 g/mol. The number of fused-ring (bicyclic) bond motifs is 2. The molecule has 61 heavy (non-hydrogen) atoms. The lowest BCUT2D eigenvalue weighted by Gasteiger charge is -2.40. The Labute approximate surface area is 352 Å². The van der Waals surface area contributed by atoms with E-state index in [9.17, 15) is 22.8 Å². The van der Waals surface area contributed by atoms with Crippen LogP contribution in [0.2, 0.25) is 0 Å². The molecule has 3 aromatic carbocycles. The van der Waals surface area contributed by atoms with Crippen LogP contribution in [-0.4, -0.2) is 99.2 Å². The van der Waals surface area contributed by atoms with Gasteiger partial charge in [0.1, 0.15) is 17.3 Å². The van der Waals surface area contributed by atoms with Crippen molar-refractivity contribution in [2.45, 2.75) is 44.1 Å². The summed E-state index contributed by atoms with van der Waals surface area (Å²) in [6.07, 6.45) is 6.09. The first-order valence-corrected chi connectivity index (χ1v) is 22.5. The summed E-state index contributed by atoms with van der Waals surface area (Å²) >= 11 is 0. The number of hydrogen-bond donors (Lipinski definition) is 6. The number of rotatable bonds is 13. The van der Waals surface area contributed by atoms with E-state index in [4.69, 9.17) is 4.98 Å². The van der Waals surface area contributed by atoms with E-state index in [0.29, 0.717) is 105 Å². The maximum Gasteiger partial charge on any atom is 0.234 e. The van der Waals surface area contributed by atoms with E-state index in [1.165, 1.54) is 16.6 Å². The van der Waals surface area contributed by atoms with Gasteiger partial charge in [-0.15, -0.1) is 0 Å². The van der Waals surface area contributed by atoms with Gasteiger partial charge < -0.3 is 36.1 Å². The Balaban J connectivity index is 0.727. The average molecular weight is 850 g/mol. The zero-order chi connectivity index (χ0) is 42.3. The molecule has 1 atom stereocenters. The largest absolute Gasteiger partial charge is 0.370 e. The van der Waals surface area contributed by atoms with E-state index in [1.807, 2.05) is 53.4 Å². The van der Waals surface area contributed by atoms with E-state index >= 15 is 4.39 Å². The van der Waals surface area contributed by atoms with Crippen molar-refractivity contribution in [1.29, 1.82) is 0 Å². The van der Waals surface area contributed by atoms with Gasteiger partial charge in [-0.2, -0.15) is 9.97 Å². The summed E-state index contributed by atoms with van der Waals surface area (Å²) < 4.78 is 42.2. The summed E-state index contributed by atoms with van der Waals surface area (Å²) in [5.41, 5.74) is 5.60. The Morgan fingerprint density at radius 3 is 2.46 bits per heavy atom. The summed E-state index contributed by atoms with van der Waals surface area (Å²) in [7, 11) is -3.48. The topological polar surface area (TPSA) is 197 Å². The Morgan fingerprint density at radius 2 is 1.70 bits per heavy atom. The van der Waals surface area contributed by atoms with Gasteiger partial charge in [0.15, 0.2) is 0 Å². The minimum Gasteiger partial charge on any atom is -0.370 e. The first kappa shape index (κ1) is 40.2. The van der Waals surface area contributed by atoms with E-state index in [0.717, 1.165) is 29.7 Å². The second-order valence-corrected chi connectivity index (χ2v) is 18.1. The Hall–Kier alpha value is -6.27. The molecule has 1 unspecified atom stereocenters. The molecule has 0 aliphatic carbocycles. The highest BCUT2D eigenvalue weighted by Gasteiger charge is 2.34. The van der Waals surface area contributed by atoms with Crippen LogP contribution in [0.4, 0.5) is 44.6 Å². The number of sulfonamides is 1. The van der Waals surface area contributed by atoms with Crippen LogP contribution in [0.25, 0.3) is 11.0 Å².